The van der Waals surface area contributed by atoms with Crippen LogP contribution in [0, 0.1) is 0 Å². The molecule has 0 fully saturated rings. The Morgan fingerprint density at radius 2 is 1.95 bits per heavy atom. The molecule has 0 amide bonds. The van der Waals surface area contributed by atoms with Crippen molar-refractivity contribution in [2.24, 2.45) is 0 Å². The van der Waals surface area contributed by atoms with Gasteiger partial charge in [0.05, 0.1) is 0 Å². The van der Waals surface area contributed by atoms with Gasteiger partial charge in [-0.2, -0.15) is 0 Å². The molecule has 0 saturated heterocycles. The van der Waals surface area contributed by atoms with Crippen LogP contribution in [0.5, 0.6) is 0 Å². The fourth-order valence-corrected chi connectivity index (χ4v) is 3.54. The Balaban J connectivity index is 1.87. The lowest BCUT2D eigenvalue weighted by molar-refractivity contribution is 0.0691. The molecule has 0 spiro atoms. The van der Waals surface area contributed by atoms with E-state index in [2.05, 4.69) is 9.71 Å². The van der Waals surface area contributed by atoms with Crippen molar-refractivity contribution in [3.05, 3.63) is 47.3 Å². The first-order valence-corrected chi connectivity index (χ1v) is 8.00. The molecule has 7 heteroatoms. The number of benzene rings is 1. The number of rotatable bonds is 4. The molecule has 1 aromatic carbocycles. The molecule has 1 heterocycles. The van der Waals surface area contributed by atoms with Crippen molar-refractivity contribution in [2.75, 3.05) is 4.72 Å². The molecular weight excluding hydrogens is 292 g/mol. The smallest absolute Gasteiger partial charge is 0.352 e. The second-order valence-corrected chi connectivity index (χ2v) is 6.68. The molecule has 21 heavy (non-hydrogen) atoms. The van der Waals surface area contributed by atoms with Crippen LogP contribution in [0.15, 0.2) is 35.4 Å². The summed E-state index contributed by atoms with van der Waals surface area (Å²) in [7, 11) is -3.79. The molecule has 1 aliphatic carbocycles. The number of H-pyrrole nitrogens is 1. The first-order valence-electron chi connectivity index (χ1n) is 6.52. The molecule has 0 radical (unpaired) electrons. The van der Waals surface area contributed by atoms with Gasteiger partial charge in [-0.25, -0.2) is 13.2 Å². The van der Waals surface area contributed by atoms with Crippen molar-refractivity contribution in [1.29, 1.82) is 0 Å². The quantitative estimate of drug-likeness (QED) is 0.804. The molecule has 110 valence electrons. The Bertz CT molecular complexity index is 808. The summed E-state index contributed by atoms with van der Waals surface area (Å²) in [6.07, 6.45) is 4.24. The first-order chi connectivity index (χ1) is 9.95. The summed E-state index contributed by atoms with van der Waals surface area (Å²) >= 11 is 0. The maximum absolute atomic E-state index is 12.2. The summed E-state index contributed by atoms with van der Waals surface area (Å²) in [6, 6.07) is 6.59. The highest BCUT2D eigenvalue weighted by molar-refractivity contribution is 7.92. The summed E-state index contributed by atoms with van der Waals surface area (Å²) in [5, 5.41) is 8.81. The number of hydrogen-bond acceptors (Lipinski definition) is 3. The summed E-state index contributed by atoms with van der Waals surface area (Å²) < 4.78 is 26.9. The van der Waals surface area contributed by atoms with Crippen molar-refractivity contribution >= 4 is 21.7 Å². The fourth-order valence-electron chi connectivity index (χ4n) is 2.50. The summed E-state index contributed by atoms with van der Waals surface area (Å²) in [5.41, 5.74) is 2.75. The van der Waals surface area contributed by atoms with Gasteiger partial charge in [0.15, 0.2) is 0 Å². The monoisotopic (exact) mass is 306 g/mol. The largest absolute Gasteiger partial charge is 0.477 e. The van der Waals surface area contributed by atoms with E-state index in [1.54, 1.807) is 6.07 Å². The van der Waals surface area contributed by atoms with Gasteiger partial charge in [0.2, 0.25) is 0 Å². The zero-order valence-electron chi connectivity index (χ0n) is 11.1. The normalized spacial score (nSPS) is 13.9. The van der Waals surface area contributed by atoms with E-state index in [1.165, 1.54) is 11.8 Å². The van der Waals surface area contributed by atoms with Crippen LogP contribution < -0.4 is 4.72 Å². The van der Waals surface area contributed by atoms with E-state index in [1.807, 2.05) is 12.1 Å². The highest BCUT2D eigenvalue weighted by Crippen LogP contribution is 2.26. The Morgan fingerprint density at radius 1 is 1.19 bits per heavy atom. The number of carboxylic acids is 1. The highest BCUT2D eigenvalue weighted by atomic mass is 32.2. The third kappa shape index (κ3) is 2.64. The minimum atomic E-state index is -3.79. The van der Waals surface area contributed by atoms with Gasteiger partial charge in [-0.15, -0.1) is 0 Å². The van der Waals surface area contributed by atoms with Gasteiger partial charge >= 0.3 is 5.97 Å². The van der Waals surface area contributed by atoms with Crippen LogP contribution in [0.1, 0.15) is 28.0 Å². The van der Waals surface area contributed by atoms with E-state index >= 15 is 0 Å². The van der Waals surface area contributed by atoms with Gasteiger partial charge in [0, 0.05) is 11.9 Å². The molecule has 6 nitrogen and oxygen atoms in total. The average molecular weight is 306 g/mol. The number of aromatic nitrogens is 1. The zero-order chi connectivity index (χ0) is 15.0. The molecule has 0 aliphatic heterocycles. The number of fused-ring (bicyclic) bond motifs is 1. The Labute approximate surface area is 121 Å². The molecule has 1 aliphatic rings. The zero-order valence-corrected chi connectivity index (χ0v) is 11.9. The van der Waals surface area contributed by atoms with E-state index in [4.69, 9.17) is 5.11 Å². The lowest BCUT2D eigenvalue weighted by Gasteiger charge is -2.08. The Kier molecular flexibility index (Phi) is 3.21. The minimum absolute atomic E-state index is 0.0969. The third-order valence-corrected chi connectivity index (χ3v) is 4.91. The Hall–Kier alpha value is -2.28. The van der Waals surface area contributed by atoms with E-state index in [0.29, 0.717) is 5.69 Å². The van der Waals surface area contributed by atoms with E-state index in [9.17, 15) is 13.2 Å². The fraction of sp³-hybridized carbons (Fsp3) is 0.214. The van der Waals surface area contributed by atoms with Crippen LogP contribution in [0.4, 0.5) is 5.69 Å². The van der Waals surface area contributed by atoms with Gasteiger partial charge in [0.1, 0.15) is 10.6 Å². The predicted molar refractivity (Wildman–Crippen MR) is 77.0 cm³/mol. The minimum Gasteiger partial charge on any atom is -0.477 e. The number of anilines is 1. The molecular formula is C14H14N2O4S. The number of nitrogens with one attached hydrogen (secondary N) is 2. The number of aromatic amines is 1. The van der Waals surface area contributed by atoms with Crippen molar-refractivity contribution < 1.29 is 18.3 Å². The number of aromatic carboxylic acids is 1. The van der Waals surface area contributed by atoms with Gasteiger partial charge in [0.25, 0.3) is 10.0 Å². The average Bonchev–Trinajstić information content (AvgIpc) is 3.07. The van der Waals surface area contributed by atoms with Crippen molar-refractivity contribution in [1.82, 2.24) is 4.98 Å². The van der Waals surface area contributed by atoms with Crippen molar-refractivity contribution in [2.45, 2.75) is 24.2 Å². The van der Waals surface area contributed by atoms with Crippen LogP contribution in [-0.4, -0.2) is 24.5 Å². The van der Waals surface area contributed by atoms with Crippen LogP contribution in [0.3, 0.4) is 0 Å². The molecule has 3 rings (SSSR count). The number of hydrogen-bond donors (Lipinski definition) is 3. The molecule has 0 bridgehead atoms. The van der Waals surface area contributed by atoms with Crippen LogP contribution in [0.2, 0.25) is 0 Å². The van der Waals surface area contributed by atoms with Crippen LogP contribution >= 0.6 is 0 Å². The summed E-state index contributed by atoms with van der Waals surface area (Å²) in [4.78, 5) is 13.1. The topological polar surface area (TPSA) is 99.3 Å². The standard InChI is InChI=1S/C14H14N2O4S/c17-14(18)13-7-12(8-15-13)21(19,20)16-11-5-4-9-2-1-3-10(9)6-11/h4-8,15-16H,1-3H2,(H,17,18). The van der Waals surface area contributed by atoms with Crippen LogP contribution in [-0.2, 0) is 22.9 Å². The van der Waals surface area contributed by atoms with E-state index < -0.39 is 16.0 Å². The number of carboxylic acid groups (broad SMARTS) is 1. The highest BCUT2D eigenvalue weighted by Gasteiger charge is 2.19. The predicted octanol–water partition coefficient (Wildman–Crippen LogP) is 2.00. The SMILES string of the molecule is O=C(O)c1cc(S(=O)(=O)Nc2ccc3c(c2)CCC3)c[nH]1. The molecule has 2 aromatic rings. The van der Waals surface area contributed by atoms with Crippen LogP contribution in [0.25, 0.3) is 0 Å². The lowest BCUT2D eigenvalue weighted by Crippen LogP contribution is -2.12. The van der Waals surface area contributed by atoms with Gasteiger partial charge < -0.3 is 10.1 Å². The van der Waals surface area contributed by atoms with Gasteiger partial charge in [-0.1, -0.05) is 6.07 Å². The maximum atomic E-state index is 12.2. The lowest BCUT2D eigenvalue weighted by atomic mass is 10.1. The first kappa shape index (κ1) is 13.7. The molecule has 1 aromatic heterocycles. The second kappa shape index (κ2) is 4.92. The number of carbonyl (C=O) groups is 1. The van der Waals surface area contributed by atoms with E-state index in [0.717, 1.165) is 30.9 Å². The van der Waals surface area contributed by atoms with Crippen molar-refractivity contribution in [3.63, 3.8) is 0 Å². The van der Waals surface area contributed by atoms with E-state index in [-0.39, 0.29) is 10.6 Å². The molecule has 0 saturated carbocycles. The van der Waals surface area contributed by atoms with Gasteiger partial charge in [-0.05, 0) is 48.6 Å². The molecule has 0 unspecified atom stereocenters. The number of aryl methyl sites for hydroxylation is 2. The Morgan fingerprint density at radius 3 is 2.67 bits per heavy atom. The maximum Gasteiger partial charge on any atom is 0.352 e. The second-order valence-electron chi connectivity index (χ2n) is 5.00. The molecule has 3 N–H and O–H groups in total. The summed E-state index contributed by atoms with van der Waals surface area (Å²) in [5.74, 6) is -1.20. The summed E-state index contributed by atoms with van der Waals surface area (Å²) in [6.45, 7) is 0. The van der Waals surface area contributed by atoms with Gasteiger partial charge in [-0.3, -0.25) is 4.72 Å². The third-order valence-electron chi connectivity index (χ3n) is 3.55. The van der Waals surface area contributed by atoms with Crippen molar-refractivity contribution in [3.8, 4) is 0 Å². The number of sulfonamides is 1. The molecule has 0 atom stereocenters.